The average Bonchev–Trinajstić information content (AvgIpc) is 3.07. The molecule has 3 N–H and O–H groups in total. The van der Waals surface area contributed by atoms with Crippen LogP contribution >= 0.6 is 0 Å². The second kappa shape index (κ2) is 5.93. The molecule has 2 atom stereocenters. The van der Waals surface area contributed by atoms with Gasteiger partial charge in [0.05, 0.1) is 7.11 Å². The number of methoxy groups -OCH3 is 1. The fourth-order valence-corrected chi connectivity index (χ4v) is 3.82. The Morgan fingerprint density at radius 1 is 1.38 bits per heavy atom. The zero-order chi connectivity index (χ0) is 14.8. The van der Waals surface area contributed by atoms with Gasteiger partial charge in [0, 0.05) is 30.8 Å². The Morgan fingerprint density at radius 2 is 2.10 bits per heavy atom. The number of ether oxygens (including phenoxy) is 1. The largest absolute Gasteiger partial charge is 0.496 e. The molecule has 0 aromatic heterocycles. The number of fused-ring (bicyclic) bond motifs is 1. The number of hydrogen-bond acceptors (Lipinski definition) is 4. The van der Waals surface area contributed by atoms with E-state index in [9.17, 15) is 0 Å². The van der Waals surface area contributed by atoms with Gasteiger partial charge in [0.2, 0.25) is 0 Å². The highest BCUT2D eigenvalue weighted by Gasteiger charge is 2.36. The number of benzene rings is 1. The maximum atomic E-state index is 8.82. The van der Waals surface area contributed by atoms with E-state index in [0.29, 0.717) is 0 Å². The second-order valence-corrected chi connectivity index (χ2v) is 6.16. The van der Waals surface area contributed by atoms with Crippen LogP contribution < -0.4 is 10.5 Å². The van der Waals surface area contributed by atoms with Gasteiger partial charge in [-0.05, 0) is 42.9 Å². The van der Waals surface area contributed by atoms with E-state index >= 15 is 0 Å². The average molecular weight is 289 g/mol. The van der Waals surface area contributed by atoms with Gasteiger partial charge >= 0.3 is 0 Å². The molecule has 5 nitrogen and oxygen atoms in total. The van der Waals surface area contributed by atoms with Crippen molar-refractivity contribution < 1.29 is 9.94 Å². The molecule has 2 unspecified atom stereocenters. The van der Waals surface area contributed by atoms with E-state index in [2.05, 4.69) is 10.1 Å². The lowest BCUT2D eigenvalue weighted by molar-refractivity contribution is 0.296. The van der Waals surface area contributed by atoms with Crippen LogP contribution in [0.4, 0.5) is 0 Å². The number of amidine groups is 1. The molecule has 2 aliphatic rings. The van der Waals surface area contributed by atoms with Crippen LogP contribution in [0.1, 0.15) is 30.4 Å². The van der Waals surface area contributed by atoms with Crippen LogP contribution in [-0.4, -0.2) is 36.1 Å². The van der Waals surface area contributed by atoms with Crippen molar-refractivity contribution in [1.29, 1.82) is 0 Å². The summed E-state index contributed by atoms with van der Waals surface area (Å²) in [6.07, 6.45) is 4.15. The zero-order valence-corrected chi connectivity index (χ0v) is 12.5. The van der Waals surface area contributed by atoms with Crippen molar-refractivity contribution in [1.82, 2.24) is 4.90 Å². The molecule has 0 spiro atoms. The third-order valence-electron chi connectivity index (χ3n) is 4.88. The van der Waals surface area contributed by atoms with Crippen LogP contribution in [0.2, 0.25) is 0 Å². The van der Waals surface area contributed by atoms with Gasteiger partial charge in [-0.3, -0.25) is 4.90 Å². The maximum absolute atomic E-state index is 8.82. The van der Waals surface area contributed by atoms with Crippen LogP contribution in [0.25, 0.3) is 0 Å². The lowest BCUT2D eigenvalue weighted by Crippen LogP contribution is -2.22. The third kappa shape index (κ3) is 2.83. The first-order chi connectivity index (χ1) is 10.2. The van der Waals surface area contributed by atoms with E-state index in [1.807, 2.05) is 18.2 Å². The molecule has 21 heavy (non-hydrogen) atoms. The molecule has 1 aromatic rings. The van der Waals surface area contributed by atoms with E-state index < -0.39 is 0 Å². The first-order valence-corrected chi connectivity index (χ1v) is 7.58. The van der Waals surface area contributed by atoms with Gasteiger partial charge in [-0.25, -0.2) is 0 Å². The summed E-state index contributed by atoms with van der Waals surface area (Å²) < 4.78 is 5.45. The highest BCUT2D eigenvalue weighted by Crippen LogP contribution is 2.38. The molecule has 1 aliphatic heterocycles. The summed E-state index contributed by atoms with van der Waals surface area (Å²) in [6.45, 7) is 3.23. The molecule has 0 amide bonds. The molecule has 1 aliphatic carbocycles. The Hall–Kier alpha value is -1.75. The molecule has 2 fully saturated rings. The van der Waals surface area contributed by atoms with E-state index in [0.717, 1.165) is 35.3 Å². The molecule has 1 saturated carbocycles. The lowest BCUT2D eigenvalue weighted by Gasteiger charge is -2.19. The lowest BCUT2D eigenvalue weighted by atomic mass is 10.0. The molecule has 1 saturated heterocycles. The maximum Gasteiger partial charge on any atom is 0.170 e. The SMILES string of the molecule is COc1ccc(/C(N)=N/O)cc1CN1CC2CCCC2C1. The monoisotopic (exact) mass is 289 g/mol. The highest BCUT2D eigenvalue weighted by atomic mass is 16.5. The summed E-state index contributed by atoms with van der Waals surface area (Å²) in [7, 11) is 1.68. The predicted octanol–water partition coefficient (Wildman–Crippen LogP) is 2.02. The Morgan fingerprint density at radius 3 is 2.71 bits per heavy atom. The Labute approximate surface area is 125 Å². The van der Waals surface area contributed by atoms with Crippen molar-refractivity contribution in [2.45, 2.75) is 25.8 Å². The van der Waals surface area contributed by atoms with Crippen molar-refractivity contribution >= 4 is 5.84 Å². The van der Waals surface area contributed by atoms with Crippen molar-refractivity contribution in [3.8, 4) is 5.75 Å². The van der Waals surface area contributed by atoms with Crippen LogP contribution in [0, 0.1) is 11.8 Å². The standard InChI is InChI=1S/C16H23N3O2/c1-21-15-6-5-11(16(17)18-20)7-14(15)10-19-8-12-3-2-4-13(12)9-19/h5-7,12-13,20H,2-4,8-10H2,1H3,(H2,17,18). The van der Waals surface area contributed by atoms with Gasteiger partial charge in [-0.1, -0.05) is 11.6 Å². The van der Waals surface area contributed by atoms with E-state index in [1.165, 1.54) is 32.4 Å². The minimum Gasteiger partial charge on any atom is -0.496 e. The molecular formula is C16H23N3O2. The molecular weight excluding hydrogens is 266 g/mol. The number of likely N-dealkylation sites (tertiary alicyclic amines) is 1. The van der Waals surface area contributed by atoms with Crippen LogP contribution in [0.15, 0.2) is 23.4 Å². The van der Waals surface area contributed by atoms with Gasteiger partial charge in [0.25, 0.3) is 0 Å². The molecule has 0 bridgehead atoms. The summed E-state index contributed by atoms with van der Waals surface area (Å²) in [5.41, 5.74) is 7.51. The number of nitrogens with two attached hydrogens (primary N) is 1. The summed E-state index contributed by atoms with van der Waals surface area (Å²) in [5, 5.41) is 11.9. The highest BCUT2D eigenvalue weighted by molar-refractivity contribution is 5.97. The Kier molecular flexibility index (Phi) is 4.01. The molecule has 5 heteroatoms. The third-order valence-corrected chi connectivity index (χ3v) is 4.88. The normalized spacial score (nSPS) is 26.0. The van der Waals surface area contributed by atoms with Crippen LogP contribution in [-0.2, 0) is 6.54 Å². The number of rotatable bonds is 4. The summed E-state index contributed by atoms with van der Waals surface area (Å²) >= 11 is 0. The minimum atomic E-state index is 0.136. The molecule has 114 valence electrons. The summed E-state index contributed by atoms with van der Waals surface area (Å²) in [4.78, 5) is 2.50. The first kappa shape index (κ1) is 14.2. The smallest absolute Gasteiger partial charge is 0.170 e. The first-order valence-electron chi connectivity index (χ1n) is 7.58. The second-order valence-electron chi connectivity index (χ2n) is 6.16. The molecule has 3 rings (SSSR count). The van der Waals surface area contributed by atoms with Gasteiger partial charge in [0.1, 0.15) is 5.75 Å². The van der Waals surface area contributed by atoms with E-state index in [-0.39, 0.29) is 5.84 Å². The molecule has 1 heterocycles. The summed E-state index contributed by atoms with van der Waals surface area (Å²) in [6, 6.07) is 5.66. The predicted molar refractivity (Wildman–Crippen MR) is 81.6 cm³/mol. The van der Waals surface area contributed by atoms with Crippen molar-refractivity contribution in [3.63, 3.8) is 0 Å². The topological polar surface area (TPSA) is 71.1 Å². The van der Waals surface area contributed by atoms with Gasteiger partial charge in [-0.15, -0.1) is 0 Å². The number of nitrogens with zero attached hydrogens (tertiary/aromatic N) is 2. The fourth-order valence-electron chi connectivity index (χ4n) is 3.82. The number of oxime groups is 1. The van der Waals surface area contributed by atoms with Crippen molar-refractivity contribution in [2.75, 3.05) is 20.2 Å². The quantitative estimate of drug-likeness (QED) is 0.385. The van der Waals surface area contributed by atoms with Gasteiger partial charge < -0.3 is 15.7 Å². The Bertz CT molecular complexity index is 532. The molecule has 0 radical (unpaired) electrons. The van der Waals surface area contributed by atoms with Gasteiger partial charge in [0.15, 0.2) is 5.84 Å². The summed E-state index contributed by atoms with van der Waals surface area (Å²) in [5.74, 6) is 2.75. The Balaban J connectivity index is 1.77. The van der Waals surface area contributed by atoms with Crippen molar-refractivity contribution in [3.05, 3.63) is 29.3 Å². The van der Waals surface area contributed by atoms with Crippen LogP contribution in [0.3, 0.4) is 0 Å². The van der Waals surface area contributed by atoms with Crippen molar-refractivity contribution in [2.24, 2.45) is 22.7 Å². The van der Waals surface area contributed by atoms with Gasteiger partial charge in [-0.2, -0.15) is 0 Å². The van der Waals surface area contributed by atoms with E-state index in [1.54, 1.807) is 7.11 Å². The van der Waals surface area contributed by atoms with Crippen LogP contribution in [0.5, 0.6) is 5.75 Å². The minimum absolute atomic E-state index is 0.136. The number of hydrogen-bond donors (Lipinski definition) is 2. The zero-order valence-electron chi connectivity index (χ0n) is 12.5. The molecule has 1 aromatic carbocycles. The van der Waals surface area contributed by atoms with E-state index in [4.69, 9.17) is 15.7 Å². The fraction of sp³-hybridized carbons (Fsp3) is 0.562.